The van der Waals surface area contributed by atoms with Crippen LogP contribution in [0.5, 0.6) is 0 Å². The lowest BCUT2D eigenvalue weighted by Crippen LogP contribution is -2.34. The number of hydrogen-bond acceptors (Lipinski definition) is 3. The molecule has 0 saturated heterocycles. The molecular formula is C17H16FN5O. The molecule has 0 aliphatic rings. The van der Waals surface area contributed by atoms with Crippen LogP contribution in [0.3, 0.4) is 0 Å². The number of nitrogens with zero attached hydrogens (tertiary/aromatic N) is 3. The van der Waals surface area contributed by atoms with Crippen LogP contribution in [-0.4, -0.2) is 20.8 Å². The summed E-state index contributed by atoms with van der Waals surface area (Å²) in [6, 6.07) is 13.4. The predicted octanol–water partition coefficient (Wildman–Crippen LogP) is 2.41. The van der Waals surface area contributed by atoms with Gasteiger partial charge in [0, 0.05) is 13.1 Å². The van der Waals surface area contributed by atoms with Gasteiger partial charge >= 0.3 is 6.03 Å². The number of urea groups is 1. The highest BCUT2D eigenvalue weighted by molar-refractivity contribution is 5.73. The lowest BCUT2D eigenvalue weighted by atomic mass is 10.2. The molecule has 3 rings (SSSR count). The minimum absolute atomic E-state index is 0.278. The third kappa shape index (κ3) is 4.16. The first-order chi connectivity index (χ1) is 11.7. The van der Waals surface area contributed by atoms with Crippen molar-refractivity contribution >= 4 is 6.03 Å². The number of benzene rings is 2. The van der Waals surface area contributed by atoms with E-state index in [1.807, 2.05) is 24.3 Å². The molecule has 2 aromatic carbocycles. The van der Waals surface area contributed by atoms with Gasteiger partial charge in [-0.05, 0) is 35.4 Å². The molecule has 0 unspecified atom stereocenters. The number of nitrogens with one attached hydrogen (secondary N) is 2. The van der Waals surface area contributed by atoms with E-state index in [4.69, 9.17) is 0 Å². The Labute approximate surface area is 138 Å². The molecule has 1 heterocycles. The number of carbonyl (C=O) groups is 1. The van der Waals surface area contributed by atoms with Gasteiger partial charge < -0.3 is 10.6 Å². The number of rotatable bonds is 5. The Balaban J connectivity index is 1.46. The van der Waals surface area contributed by atoms with E-state index in [9.17, 15) is 9.18 Å². The van der Waals surface area contributed by atoms with Crippen molar-refractivity contribution in [2.24, 2.45) is 0 Å². The minimum Gasteiger partial charge on any atom is -0.334 e. The average Bonchev–Trinajstić information content (AvgIpc) is 3.14. The molecule has 0 bridgehead atoms. The molecular weight excluding hydrogens is 309 g/mol. The topological polar surface area (TPSA) is 71.8 Å². The molecule has 1 aromatic heterocycles. The highest BCUT2D eigenvalue weighted by atomic mass is 19.1. The van der Waals surface area contributed by atoms with Crippen LogP contribution in [0, 0.1) is 5.82 Å². The normalized spacial score (nSPS) is 10.4. The lowest BCUT2D eigenvalue weighted by Gasteiger charge is -2.08. The second kappa shape index (κ2) is 7.36. The van der Waals surface area contributed by atoms with Crippen LogP contribution in [0.4, 0.5) is 9.18 Å². The predicted molar refractivity (Wildman–Crippen MR) is 86.8 cm³/mol. The smallest absolute Gasteiger partial charge is 0.315 e. The number of halogens is 1. The summed E-state index contributed by atoms with van der Waals surface area (Å²) in [6.07, 6.45) is 3.09. The molecule has 122 valence electrons. The number of carbonyl (C=O) groups excluding carboxylic acids is 1. The highest BCUT2D eigenvalue weighted by Crippen LogP contribution is 2.08. The molecule has 0 spiro atoms. The van der Waals surface area contributed by atoms with Gasteiger partial charge in [-0.2, -0.15) is 5.10 Å². The molecule has 0 fully saturated rings. The van der Waals surface area contributed by atoms with E-state index in [0.717, 1.165) is 16.8 Å². The largest absolute Gasteiger partial charge is 0.334 e. The maximum atomic E-state index is 12.8. The first-order valence-electron chi connectivity index (χ1n) is 7.41. The first-order valence-corrected chi connectivity index (χ1v) is 7.41. The molecule has 0 radical (unpaired) electrons. The Hall–Kier alpha value is -3.22. The summed E-state index contributed by atoms with van der Waals surface area (Å²) in [5.74, 6) is -0.294. The van der Waals surface area contributed by atoms with Crippen LogP contribution in [0.15, 0.2) is 61.2 Å². The van der Waals surface area contributed by atoms with Crippen molar-refractivity contribution in [2.75, 3.05) is 0 Å². The fourth-order valence-corrected chi connectivity index (χ4v) is 2.14. The summed E-state index contributed by atoms with van der Waals surface area (Å²) < 4.78 is 14.5. The summed E-state index contributed by atoms with van der Waals surface area (Å²) in [5, 5.41) is 9.55. The summed E-state index contributed by atoms with van der Waals surface area (Å²) in [6.45, 7) is 0.754. The number of amides is 2. The lowest BCUT2D eigenvalue weighted by molar-refractivity contribution is 0.240. The maximum absolute atomic E-state index is 12.8. The maximum Gasteiger partial charge on any atom is 0.315 e. The second-order valence-corrected chi connectivity index (χ2v) is 5.17. The van der Waals surface area contributed by atoms with E-state index in [0.29, 0.717) is 13.1 Å². The summed E-state index contributed by atoms with van der Waals surface area (Å²) >= 11 is 0. The van der Waals surface area contributed by atoms with Crippen LogP contribution >= 0.6 is 0 Å². The van der Waals surface area contributed by atoms with Crippen molar-refractivity contribution in [1.82, 2.24) is 25.4 Å². The fraction of sp³-hybridized carbons (Fsp3) is 0.118. The Kier molecular flexibility index (Phi) is 4.81. The van der Waals surface area contributed by atoms with Crippen molar-refractivity contribution in [3.05, 3.63) is 78.1 Å². The quantitative estimate of drug-likeness (QED) is 0.757. The van der Waals surface area contributed by atoms with E-state index in [-0.39, 0.29) is 11.8 Å². The van der Waals surface area contributed by atoms with Gasteiger partial charge in [0.05, 0.1) is 5.69 Å². The van der Waals surface area contributed by atoms with E-state index in [1.54, 1.807) is 23.1 Å². The van der Waals surface area contributed by atoms with Crippen molar-refractivity contribution in [1.29, 1.82) is 0 Å². The molecule has 0 aliphatic carbocycles. The standard InChI is InChI=1S/C17H16FN5O/c18-15-5-1-13(2-6-15)9-20-17(24)21-10-14-3-7-16(8-4-14)23-12-19-11-22-23/h1-8,11-12H,9-10H2,(H2,20,21,24). The highest BCUT2D eigenvalue weighted by Gasteiger charge is 2.02. The zero-order valence-electron chi connectivity index (χ0n) is 12.8. The first kappa shape index (κ1) is 15.7. The molecule has 0 aliphatic heterocycles. The second-order valence-electron chi connectivity index (χ2n) is 5.17. The van der Waals surface area contributed by atoms with Crippen molar-refractivity contribution in [2.45, 2.75) is 13.1 Å². The molecule has 6 nitrogen and oxygen atoms in total. The van der Waals surface area contributed by atoms with Gasteiger partial charge in [-0.1, -0.05) is 24.3 Å². The number of aromatic nitrogens is 3. The SMILES string of the molecule is O=C(NCc1ccc(F)cc1)NCc1ccc(-n2cncn2)cc1. The fourth-order valence-electron chi connectivity index (χ4n) is 2.14. The van der Waals surface area contributed by atoms with Crippen molar-refractivity contribution < 1.29 is 9.18 Å². The van der Waals surface area contributed by atoms with Crippen LogP contribution in [-0.2, 0) is 13.1 Å². The molecule has 0 atom stereocenters. The van der Waals surface area contributed by atoms with Crippen LogP contribution < -0.4 is 10.6 Å². The van der Waals surface area contributed by atoms with Crippen molar-refractivity contribution in [3.8, 4) is 5.69 Å². The average molecular weight is 325 g/mol. The van der Waals surface area contributed by atoms with Gasteiger partial charge in [-0.3, -0.25) is 0 Å². The van der Waals surface area contributed by atoms with Gasteiger partial charge in [-0.25, -0.2) is 18.9 Å². The zero-order chi connectivity index (χ0) is 16.8. The Morgan fingerprint density at radius 1 is 0.958 bits per heavy atom. The van der Waals surface area contributed by atoms with E-state index < -0.39 is 0 Å². The van der Waals surface area contributed by atoms with Crippen molar-refractivity contribution in [3.63, 3.8) is 0 Å². The Morgan fingerprint density at radius 2 is 1.54 bits per heavy atom. The summed E-state index contributed by atoms with van der Waals surface area (Å²) in [5.41, 5.74) is 2.71. The van der Waals surface area contributed by atoms with E-state index in [1.165, 1.54) is 18.5 Å². The van der Waals surface area contributed by atoms with Gasteiger partial charge in [0.25, 0.3) is 0 Å². The molecule has 0 saturated carbocycles. The van der Waals surface area contributed by atoms with Gasteiger partial charge in [0.1, 0.15) is 18.5 Å². The zero-order valence-corrected chi connectivity index (χ0v) is 12.8. The van der Waals surface area contributed by atoms with E-state index >= 15 is 0 Å². The van der Waals surface area contributed by atoms with Gasteiger partial charge in [-0.15, -0.1) is 0 Å². The third-order valence-corrected chi connectivity index (χ3v) is 3.44. The summed E-state index contributed by atoms with van der Waals surface area (Å²) in [4.78, 5) is 15.7. The van der Waals surface area contributed by atoms with Crippen LogP contribution in [0.1, 0.15) is 11.1 Å². The monoisotopic (exact) mass is 325 g/mol. The molecule has 2 N–H and O–H groups in total. The van der Waals surface area contributed by atoms with Gasteiger partial charge in [0.2, 0.25) is 0 Å². The Morgan fingerprint density at radius 3 is 2.08 bits per heavy atom. The van der Waals surface area contributed by atoms with Gasteiger partial charge in [0.15, 0.2) is 0 Å². The Bertz CT molecular complexity index is 785. The molecule has 7 heteroatoms. The molecule has 24 heavy (non-hydrogen) atoms. The molecule has 2 amide bonds. The van der Waals surface area contributed by atoms with Crippen LogP contribution in [0.25, 0.3) is 5.69 Å². The summed E-state index contributed by atoms with van der Waals surface area (Å²) in [7, 11) is 0. The van der Waals surface area contributed by atoms with Crippen LogP contribution in [0.2, 0.25) is 0 Å². The van der Waals surface area contributed by atoms with E-state index in [2.05, 4.69) is 20.7 Å². The third-order valence-electron chi connectivity index (χ3n) is 3.44. The number of hydrogen-bond donors (Lipinski definition) is 2. The minimum atomic E-state index is -0.294. The molecule has 3 aromatic rings.